The lowest BCUT2D eigenvalue weighted by atomic mass is 9.87. The van der Waals surface area contributed by atoms with E-state index in [1.807, 2.05) is 0 Å². The van der Waals surface area contributed by atoms with Crippen molar-refractivity contribution in [3.05, 3.63) is 34.5 Å². The lowest BCUT2D eigenvalue weighted by Crippen LogP contribution is -2.11. The highest BCUT2D eigenvalue weighted by molar-refractivity contribution is 5.97. The summed E-state index contributed by atoms with van der Waals surface area (Å²) in [7, 11) is 0. The number of alkyl halides is 3. The SMILES string of the molecule is O=C(O)c1cc2c3c(cc(C(F)(F)F)c2[nH]1)CCCC3. The second kappa shape index (κ2) is 4.26. The van der Waals surface area contributed by atoms with Gasteiger partial charge in [0.1, 0.15) is 5.69 Å². The van der Waals surface area contributed by atoms with Gasteiger partial charge in [0.25, 0.3) is 0 Å². The number of carboxylic acids is 1. The van der Waals surface area contributed by atoms with E-state index in [1.54, 1.807) is 0 Å². The van der Waals surface area contributed by atoms with E-state index in [4.69, 9.17) is 5.11 Å². The number of hydrogen-bond acceptors (Lipinski definition) is 1. The Labute approximate surface area is 112 Å². The van der Waals surface area contributed by atoms with Crippen LogP contribution in [0.3, 0.4) is 0 Å². The van der Waals surface area contributed by atoms with Crippen molar-refractivity contribution in [1.29, 1.82) is 0 Å². The zero-order chi connectivity index (χ0) is 14.5. The molecule has 2 aromatic rings. The fraction of sp³-hybridized carbons (Fsp3) is 0.357. The van der Waals surface area contributed by atoms with Gasteiger partial charge >= 0.3 is 12.1 Å². The van der Waals surface area contributed by atoms with Gasteiger partial charge in [0.2, 0.25) is 0 Å². The maximum atomic E-state index is 13.1. The molecule has 3 rings (SSSR count). The number of hydrogen-bond donors (Lipinski definition) is 2. The number of aromatic nitrogens is 1. The maximum Gasteiger partial charge on any atom is 0.418 e. The summed E-state index contributed by atoms with van der Waals surface area (Å²) in [4.78, 5) is 13.4. The fourth-order valence-corrected chi connectivity index (χ4v) is 2.89. The van der Waals surface area contributed by atoms with Crippen molar-refractivity contribution in [3.8, 4) is 0 Å². The van der Waals surface area contributed by atoms with Crippen LogP contribution in [0.2, 0.25) is 0 Å². The van der Waals surface area contributed by atoms with E-state index in [0.29, 0.717) is 23.8 Å². The minimum atomic E-state index is -4.49. The lowest BCUT2D eigenvalue weighted by Gasteiger charge is -2.19. The molecule has 0 fully saturated rings. The van der Waals surface area contributed by atoms with E-state index in [-0.39, 0.29) is 11.2 Å². The number of aryl methyl sites for hydroxylation is 2. The molecule has 1 aliphatic rings. The number of rotatable bonds is 1. The molecule has 0 spiro atoms. The summed E-state index contributed by atoms with van der Waals surface area (Å²) in [6.45, 7) is 0. The quantitative estimate of drug-likeness (QED) is 0.837. The van der Waals surface area contributed by atoms with Crippen LogP contribution in [0.5, 0.6) is 0 Å². The van der Waals surface area contributed by atoms with Gasteiger partial charge in [-0.3, -0.25) is 0 Å². The largest absolute Gasteiger partial charge is 0.477 e. The monoisotopic (exact) mass is 283 g/mol. The third kappa shape index (κ3) is 1.95. The second-order valence-corrected chi connectivity index (χ2v) is 5.04. The molecule has 0 aliphatic heterocycles. The van der Waals surface area contributed by atoms with Gasteiger partial charge in [-0.05, 0) is 48.9 Å². The Kier molecular flexibility index (Phi) is 2.77. The zero-order valence-corrected chi connectivity index (χ0v) is 10.5. The molecule has 6 heteroatoms. The summed E-state index contributed by atoms with van der Waals surface area (Å²) in [6, 6.07) is 2.48. The molecule has 106 valence electrons. The third-order valence-electron chi connectivity index (χ3n) is 3.78. The van der Waals surface area contributed by atoms with E-state index in [1.165, 1.54) is 12.1 Å². The minimum Gasteiger partial charge on any atom is -0.477 e. The number of aromatic carboxylic acids is 1. The van der Waals surface area contributed by atoms with Gasteiger partial charge in [0.05, 0.1) is 11.1 Å². The normalized spacial score (nSPS) is 15.3. The van der Waals surface area contributed by atoms with Crippen molar-refractivity contribution in [1.82, 2.24) is 4.98 Å². The molecule has 0 amide bonds. The first-order valence-electron chi connectivity index (χ1n) is 6.36. The average Bonchev–Trinajstić information content (AvgIpc) is 2.81. The van der Waals surface area contributed by atoms with Crippen LogP contribution in [-0.4, -0.2) is 16.1 Å². The first-order chi connectivity index (χ1) is 9.38. The number of aromatic amines is 1. The first-order valence-corrected chi connectivity index (χ1v) is 6.36. The van der Waals surface area contributed by atoms with E-state index in [9.17, 15) is 18.0 Å². The second-order valence-electron chi connectivity index (χ2n) is 5.04. The van der Waals surface area contributed by atoms with Gasteiger partial charge in [0, 0.05) is 5.39 Å². The summed E-state index contributed by atoms with van der Waals surface area (Å²) in [5.74, 6) is -1.25. The smallest absolute Gasteiger partial charge is 0.418 e. The molecule has 1 heterocycles. The molecule has 1 aliphatic carbocycles. The van der Waals surface area contributed by atoms with Crippen LogP contribution in [0.15, 0.2) is 12.1 Å². The average molecular weight is 283 g/mol. The molecule has 0 saturated heterocycles. The topological polar surface area (TPSA) is 53.1 Å². The number of H-pyrrole nitrogens is 1. The zero-order valence-electron chi connectivity index (χ0n) is 10.5. The summed E-state index contributed by atoms with van der Waals surface area (Å²) >= 11 is 0. The number of nitrogens with one attached hydrogen (secondary N) is 1. The van der Waals surface area contributed by atoms with Crippen molar-refractivity contribution >= 4 is 16.9 Å². The molecular weight excluding hydrogens is 271 g/mol. The summed E-state index contributed by atoms with van der Waals surface area (Å²) in [5.41, 5.74) is 0.440. The van der Waals surface area contributed by atoms with Gasteiger partial charge in [-0.2, -0.15) is 13.2 Å². The van der Waals surface area contributed by atoms with Gasteiger partial charge in [-0.25, -0.2) is 4.79 Å². The fourth-order valence-electron chi connectivity index (χ4n) is 2.89. The molecule has 20 heavy (non-hydrogen) atoms. The molecule has 2 N–H and O–H groups in total. The van der Waals surface area contributed by atoms with E-state index < -0.39 is 17.7 Å². The first kappa shape index (κ1) is 13.0. The maximum absolute atomic E-state index is 13.1. The van der Waals surface area contributed by atoms with Crippen LogP contribution in [0.1, 0.15) is 40.0 Å². The Morgan fingerprint density at radius 1 is 1.20 bits per heavy atom. The molecule has 1 aromatic heterocycles. The van der Waals surface area contributed by atoms with Crippen molar-refractivity contribution in [2.45, 2.75) is 31.9 Å². The molecule has 0 bridgehead atoms. The number of carbonyl (C=O) groups is 1. The number of fused-ring (bicyclic) bond motifs is 3. The van der Waals surface area contributed by atoms with Gasteiger partial charge in [-0.15, -0.1) is 0 Å². The van der Waals surface area contributed by atoms with Crippen LogP contribution in [-0.2, 0) is 19.0 Å². The molecule has 0 radical (unpaired) electrons. The van der Waals surface area contributed by atoms with Crippen molar-refractivity contribution in [2.24, 2.45) is 0 Å². The Morgan fingerprint density at radius 2 is 1.90 bits per heavy atom. The van der Waals surface area contributed by atoms with Gasteiger partial charge < -0.3 is 10.1 Å². The number of carboxylic acid groups (broad SMARTS) is 1. The summed E-state index contributed by atoms with van der Waals surface area (Å²) in [5, 5.41) is 9.37. The standard InChI is InChI=1S/C14H12F3NO2/c15-14(16,17)10-5-7-3-1-2-4-8(7)9-6-11(13(19)20)18-12(9)10/h5-6,18H,1-4H2,(H,19,20). The highest BCUT2D eigenvalue weighted by Gasteiger charge is 2.35. The molecule has 0 atom stereocenters. The molecule has 1 aromatic carbocycles. The van der Waals surface area contributed by atoms with E-state index >= 15 is 0 Å². The number of benzene rings is 1. The predicted octanol–water partition coefficient (Wildman–Crippen LogP) is 3.76. The minimum absolute atomic E-state index is 0.115. The molecule has 0 saturated carbocycles. The number of halogens is 3. The molecule has 3 nitrogen and oxygen atoms in total. The van der Waals surface area contributed by atoms with Crippen molar-refractivity contribution in [2.75, 3.05) is 0 Å². The van der Waals surface area contributed by atoms with Crippen LogP contribution in [0, 0.1) is 0 Å². The van der Waals surface area contributed by atoms with Crippen LogP contribution < -0.4 is 0 Å². The Hall–Kier alpha value is -1.98. The molecular formula is C14H12F3NO2. The molecule has 0 unspecified atom stereocenters. The van der Waals surface area contributed by atoms with Crippen molar-refractivity contribution < 1.29 is 23.1 Å². The van der Waals surface area contributed by atoms with Crippen LogP contribution in [0.4, 0.5) is 13.2 Å². The predicted molar refractivity (Wildman–Crippen MR) is 66.9 cm³/mol. The Balaban J connectivity index is 2.36. The van der Waals surface area contributed by atoms with Crippen LogP contribution >= 0.6 is 0 Å². The van der Waals surface area contributed by atoms with Crippen molar-refractivity contribution in [3.63, 3.8) is 0 Å². The van der Waals surface area contributed by atoms with E-state index in [2.05, 4.69) is 4.98 Å². The van der Waals surface area contributed by atoms with Crippen LogP contribution in [0.25, 0.3) is 10.9 Å². The van der Waals surface area contributed by atoms with Gasteiger partial charge in [-0.1, -0.05) is 0 Å². The Bertz CT molecular complexity index is 700. The Morgan fingerprint density at radius 3 is 2.55 bits per heavy atom. The third-order valence-corrected chi connectivity index (χ3v) is 3.78. The van der Waals surface area contributed by atoms with E-state index in [0.717, 1.165) is 18.4 Å². The lowest BCUT2D eigenvalue weighted by molar-refractivity contribution is -0.136. The highest BCUT2D eigenvalue weighted by atomic mass is 19.4. The van der Waals surface area contributed by atoms with Gasteiger partial charge in [0.15, 0.2) is 0 Å². The summed E-state index contributed by atoms with van der Waals surface area (Å²) < 4.78 is 39.4. The highest BCUT2D eigenvalue weighted by Crippen LogP contribution is 2.39. The summed E-state index contributed by atoms with van der Waals surface area (Å²) in [6.07, 6.45) is -1.40.